The van der Waals surface area contributed by atoms with Gasteiger partial charge in [0, 0.05) is 81.8 Å². The molecule has 6 aromatic carbocycles. The zero-order valence-corrected chi connectivity index (χ0v) is 31.6. The molecule has 0 spiro atoms. The van der Waals surface area contributed by atoms with Gasteiger partial charge in [-0.25, -0.2) is 9.97 Å². The molecule has 0 fully saturated rings. The SMILES string of the molecule is c1cncc(-c2ccc(-c3nc(-c4cccnc4)cc(-c4cc(-c5ccc6sc7ccccc7c6c5)cc(-c5ccc6sc7ccccc7c6c5)c4)n3)cc2)c1. The van der Waals surface area contributed by atoms with E-state index in [1.165, 1.54) is 51.5 Å². The molecule has 0 aliphatic carbocycles. The molecule has 0 aliphatic rings. The summed E-state index contributed by atoms with van der Waals surface area (Å²) < 4.78 is 5.18. The standard InChI is InChI=1S/C50H30N4S2/c1-3-11-46-40(9-1)42-26-33(17-19-48(42)55-46)37-23-38(34-18-20-49-43(27-34)41-10-2-4-12-47(41)56-49)25-39(24-37)45-28-44(36-8-6-22-52-30-36)53-50(54-45)32-15-13-31(14-16-32)35-7-5-21-51-29-35/h1-30H. The number of hydrogen-bond donors (Lipinski definition) is 0. The molecule has 262 valence electrons. The summed E-state index contributed by atoms with van der Waals surface area (Å²) in [6.07, 6.45) is 7.33. The van der Waals surface area contributed by atoms with E-state index in [2.05, 4.69) is 156 Å². The molecule has 56 heavy (non-hydrogen) atoms. The fourth-order valence-electron chi connectivity index (χ4n) is 7.65. The van der Waals surface area contributed by atoms with Crippen molar-refractivity contribution in [3.8, 4) is 67.3 Å². The van der Waals surface area contributed by atoms with Gasteiger partial charge in [0.1, 0.15) is 0 Å². The van der Waals surface area contributed by atoms with Gasteiger partial charge in [0.15, 0.2) is 5.82 Å². The van der Waals surface area contributed by atoms with Gasteiger partial charge in [0.25, 0.3) is 0 Å². The van der Waals surface area contributed by atoms with Gasteiger partial charge in [-0.15, -0.1) is 22.7 Å². The van der Waals surface area contributed by atoms with Gasteiger partial charge in [-0.1, -0.05) is 78.9 Å². The van der Waals surface area contributed by atoms with Crippen LogP contribution in [0.4, 0.5) is 0 Å². The van der Waals surface area contributed by atoms with Crippen molar-refractivity contribution in [3.63, 3.8) is 0 Å². The van der Waals surface area contributed by atoms with Crippen LogP contribution >= 0.6 is 22.7 Å². The molecular formula is C50H30N4S2. The predicted molar refractivity (Wildman–Crippen MR) is 236 cm³/mol. The van der Waals surface area contributed by atoms with Crippen molar-refractivity contribution in [2.75, 3.05) is 0 Å². The van der Waals surface area contributed by atoms with Crippen LogP contribution in [0.25, 0.3) is 108 Å². The van der Waals surface area contributed by atoms with Gasteiger partial charge in [-0.2, -0.15) is 0 Å². The molecule has 11 rings (SSSR count). The second kappa shape index (κ2) is 13.5. The van der Waals surface area contributed by atoms with Crippen LogP contribution in [0, 0.1) is 0 Å². The summed E-state index contributed by atoms with van der Waals surface area (Å²) in [5, 5.41) is 5.13. The number of hydrogen-bond acceptors (Lipinski definition) is 6. The first kappa shape index (κ1) is 32.6. The Bertz CT molecular complexity index is 3110. The minimum atomic E-state index is 0.656. The molecule has 0 bridgehead atoms. The van der Waals surface area contributed by atoms with Crippen LogP contribution in [-0.2, 0) is 0 Å². The molecule has 0 radical (unpaired) electrons. The molecule has 0 aliphatic heterocycles. The van der Waals surface area contributed by atoms with Crippen LogP contribution in [0.5, 0.6) is 0 Å². The third-order valence-electron chi connectivity index (χ3n) is 10.5. The number of fused-ring (bicyclic) bond motifs is 6. The minimum Gasteiger partial charge on any atom is -0.264 e. The van der Waals surface area contributed by atoms with Crippen LogP contribution in [0.2, 0.25) is 0 Å². The summed E-state index contributed by atoms with van der Waals surface area (Å²) in [5.74, 6) is 0.656. The van der Waals surface area contributed by atoms with Crippen molar-refractivity contribution < 1.29 is 0 Å². The van der Waals surface area contributed by atoms with Gasteiger partial charge in [0.2, 0.25) is 0 Å². The largest absolute Gasteiger partial charge is 0.264 e. The molecule has 0 N–H and O–H groups in total. The summed E-state index contributed by atoms with van der Waals surface area (Å²) in [6.45, 7) is 0. The summed E-state index contributed by atoms with van der Waals surface area (Å²) >= 11 is 3.69. The van der Waals surface area contributed by atoms with E-state index in [1.807, 2.05) is 47.2 Å². The lowest BCUT2D eigenvalue weighted by molar-refractivity contribution is 1.18. The fourth-order valence-corrected chi connectivity index (χ4v) is 9.82. The molecule has 5 aromatic heterocycles. The molecule has 0 amide bonds. The predicted octanol–water partition coefficient (Wildman–Crippen LogP) is 14.0. The first-order valence-corrected chi connectivity index (χ1v) is 20.1. The number of pyridine rings is 2. The van der Waals surface area contributed by atoms with E-state index in [0.29, 0.717) is 5.82 Å². The van der Waals surface area contributed by atoms with Crippen molar-refractivity contribution in [1.29, 1.82) is 0 Å². The number of nitrogens with zero attached hydrogens (tertiary/aromatic N) is 4. The van der Waals surface area contributed by atoms with Crippen LogP contribution in [0.1, 0.15) is 0 Å². The molecule has 5 heterocycles. The molecule has 0 atom stereocenters. The molecule has 6 heteroatoms. The van der Waals surface area contributed by atoms with Gasteiger partial charge in [0.05, 0.1) is 11.4 Å². The van der Waals surface area contributed by atoms with Crippen molar-refractivity contribution >= 4 is 63.0 Å². The Morgan fingerprint density at radius 2 is 0.786 bits per heavy atom. The van der Waals surface area contributed by atoms with Gasteiger partial charge in [-0.05, 0) is 112 Å². The van der Waals surface area contributed by atoms with E-state index in [-0.39, 0.29) is 0 Å². The second-order valence-electron chi connectivity index (χ2n) is 13.9. The molecule has 11 aromatic rings. The van der Waals surface area contributed by atoms with Crippen LogP contribution in [0.15, 0.2) is 183 Å². The minimum absolute atomic E-state index is 0.656. The normalized spacial score (nSPS) is 11.6. The maximum absolute atomic E-state index is 5.30. The van der Waals surface area contributed by atoms with Crippen molar-refractivity contribution in [2.45, 2.75) is 0 Å². The number of aromatic nitrogens is 4. The Labute approximate surface area is 331 Å². The van der Waals surface area contributed by atoms with E-state index in [0.717, 1.165) is 50.3 Å². The number of rotatable bonds is 6. The zero-order valence-electron chi connectivity index (χ0n) is 29.9. The Kier molecular flexibility index (Phi) is 7.83. The topological polar surface area (TPSA) is 51.6 Å². The Morgan fingerprint density at radius 1 is 0.304 bits per heavy atom. The molecule has 4 nitrogen and oxygen atoms in total. The fraction of sp³-hybridized carbons (Fsp3) is 0. The lowest BCUT2D eigenvalue weighted by atomic mass is 9.93. The highest BCUT2D eigenvalue weighted by atomic mass is 32.1. The summed E-state index contributed by atoms with van der Waals surface area (Å²) in [7, 11) is 0. The highest BCUT2D eigenvalue weighted by molar-refractivity contribution is 7.26. The lowest BCUT2D eigenvalue weighted by Gasteiger charge is -2.14. The van der Waals surface area contributed by atoms with E-state index >= 15 is 0 Å². The van der Waals surface area contributed by atoms with Gasteiger partial charge < -0.3 is 0 Å². The lowest BCUT2D eigenvalue weighted by Crippen LogP contribution is -1.97. The highest BCUT2D eigenvalue weighted by Gasteiger charge is 2.16. The van der Waals surface area contributed by atoms with E-state index in [9.17, 15) is 0 Å². The van der Waals surface area contributed by atoms with E-state index in [1.54, 1.807) is 12.4 Å². The first-order chi connectivity index (χ1) is 27.7. The monoisotopic (exact) mass is 750 g/mol. The van der Waals surface area contributed by atoms with Gasteiger partial charge in [-0.3, -0.25) is 9.97 Å². The maximum Gasteiger partial charge on any atom is 0.160 e. The van der Waals surface area contributed by atoms with E-state index < -0.39 is 0 Å². The zero-order chi connectivity index (χ0) is 37.0. The average molecular weight is 751 g/mol. The van der Waals surface area contributed by atoms with E-state index in [4.69, 9.17) is 9.97 Å². The summed E-state index contributed by atoms with van der Waals surface area (Å²) in [5.41, 5.74) is 11.3. The molecule has 0 saturated heterocycles. The molecule has 0 unspecified atom stereocenters. The average Bonchev–Trinajstić information content (AvgIpc) is 3.84. The summed E-state index contributed by atoms with van der Waals surface area (Å²) in [6, 6.07) is 56.5. The second-order valence-corrected chi connectivity index (χ2v) is 16.1. The summed E-state index contributed by atoms with van der Waals surface area (Å²) in [4.78, 5) is 19.2. The smallest absolute Gasteiger partial charge is 0.160 e. The first-order valence-electron chi connectivity index (χ1n) is 18.5. The molecular weight excluding hydrogens is 721 g/mol. The van der Waals surface area contributed by atoms with Crippen LogP contribution in [-0.4, -0.2) is 19.9 Å². The number of thiophene rings is 2. The highest BCUT2D eigenvalue weighted by Crippen LogP contribution is 2.41. The van der Waals surface area contributed by atoms with Crippen molar-refractivity contribution in [1.82, 2.24) is 19.9 Å². The third-order valence-corrected chi connectivity index (χ3v) is 12.8. The Hall–Kier alpha value is -6.86. The van der Waals surface area contributed by atoms with Crippen molar-refractivity contribution in [2.24, 2.45) is 0 Å². The Morgan fingerprint density at radius 3 is 1.36 bits per heavy atom. The van der Waals surface area contributed by atoms with Gasteiger partial charge >= 0.3 is 0 Å². The van der Waals surface area contributed by atoms with Crippen LogP contribution < -0.4 is 0 Å². The molecule has 0 saturated carbocycles. The third kappa shape index (κ3) is 5.84. The Balaban J connectivity index is 1.11. The quantitative estimate of drug-likeness (QED) is 0.170. The number of benzene rings is 6. The maximum atomic E-state index is 5.30. The van der Waals surface area contributed by atoms with Crippen LogP contribution in [0.3, 0.4) is 0 Å². The van der Waals surface area contributed by atoms with Crippen molar-refractivity contribution in [3.05, 3.63) is 183 Å².